The van der Waals surface area contributed by atoms with Crippen molar-refractivity contribution in [3.8, 4) is 0 Å². The number of aromatic nitrogens is 2. The number of rotatable bonds is 8. The molecule has 232 valence electrons. The van der Waals surface area contributed by atoms with E-state index in [1.54, 1.807) is 0 Å². The van der Waals surface area contributed by atoms with Crippen molar-refractivity contribution in [3.05, 3.63) is 97.4 Å². The van der Waals surface area contributed by atoms with Crippen LogP contribution in [0.5, 0.6) is 0 Å². The fourth-order valence-electron chi connectivity index (χ4n) is 5.97. The molecule has 0 N–H and O–H groups in total. The number of ether oxygens (including phenoxy) is 1. The number of morpholine rings is 1. The maximum atomic E-state index is 16.1. The van der Waals surface area contributed by atoms with Crippen LogP contribution in [-0.2, 0) is 15.8 Å². The van der Waals surface area contributed by atoms with Crippen LogP contribution in [0.1, 0.15) is 55.7 Å². The topological polar surface area (TPSA) is 64.5 Å². The summed E-state index contributed by atoms with van der Waals surface area (Å²) in [7, 11) is -3.03. The van der Waals surface area contributed by atoms with Crippen molar-refractivity contribution in [2.75, 3.05) is 18.0 Å². The number of pyridine rings is 1. The molecule has 0 aliphatic carbocycles. The standard InChI is InChI=1S/C32H33Cl3FN3O3SSi/c1-19-16-39(17-20(2)42-19)27-23(37-26(25(36)24(27)33)28(40)29-30(34)38-31(35)43-29)18-41-44(32(3,4)5,21-12-8-6-9-13-21)22-14-10-7-11-15-22/h6-15,19-20H,16-18H2,1-5H3/t19-,20+. The van der Waals surface area contributed by atoms with Crippen LogP contribution in [0, 0.1) is 5.82 Å². The monoisotopic (exact) mass is 691 g/mol. The van der Waals surface area contributed by atoms with Crippen LogP contribution in [0.2, 0.25) is 19.7 Å². The van der Waals surface area contributed by atoms with Gasteiger partial charge in [-0.1, -0.05) is 128 Å². The summed E-state index contributed by atoms with van der Waals surface area (Å²) in [6, 6.07) is 20.3. The number of hydrogen-bond acceptors (Lipinski definition) is 7. The van der Waals surface area contributed by atoms with E-state index < -0.39 is 25.6 Å². The average Bonchev–Trinajstić information content (AvgIpc) is 3.32. The van der Waals surface area contributed by atoms with Gasteiger partial charge in [0.2, 0.25) is 5.78 Å². The van der Waals surface area contributed by atoms with E-state index in [-0.39, 0.29) is 43.4 Å². The molecule has 1 fully saturated rings. The molecule has 0 saturated carbocycles. The first kappa shape index (κ1) is 33.0. The van der Waals surface area contributed by atoms with Gasteiger partial charge in [-0.25, -0.2) is 14.4 Å². The molecule has 0 radical (unpaired) electrons. The van der Waals surface area contributed by atoms with E-state index >= 15 is 4.39 Å². The lowest BCUT2D eigenvalue weighted by molar-refractivity contribution is -0.00535. The average molecular weight is 693 g/mol. The van der Waals surface area contributed by atoms with Gasteiger partial charge in [0.25, 0.3) is 8.32 Å². The minimum Gasteiger partial charge on any atom is -0.401 e. The first-order valence-corrected chi connectivity index (χ1v) is 18.1. The van der Waals surface area contributed by atoms with E-state index in [1.807, 2.05) is 55.1 Å². The lowest BCUT2D eigenvalue weighted by Crippen LogP contribution is -2.66. The summed E-state index contributed by atoms with van der Waals surface area (Å²) in [6.07, 6.45) is -0.273. The second-order valence-corrected chi connectivity index (χ2v) is 18.5. The lowest BCUT2D eigenvalue weighted by Gasteiger charge is -2.43. The van der Waals surface area contributed by atoms with E-state index in [0.717, 1.165) is 21.7 Å². The molecule has 44 heavy (non-hydrogen) atoms. The van der Waals surface area contributed by atoms with Crippen molar-refractivity contribution in [1.29, 1.82) is 0 Å². The molecule has 4 aromatic rings. The maximum absolute atomic E-state index is 16.1. The molecular formula is C32H33Cl3FN3O3SSi. The summed E-state index contributed by atoms with van der Waals surface area (Å²) in [5.41, 5.74) is 0.270. The Bertz CT molecular complexity index is 1600. The quantitative estimate of drug-likeness (QED) is 0.140. The van der Waals surface area contributed by atoms with Crippen LogP contribution in [-0.4, -0.2) is 49.4 Å². The minimum atomic E-state index is -3.03. The largest absolute Gasteiger partial charge is 0.401 e. The number of benzene rings is 2. The first-order valence-electron chi connectivity index (χ1n) is 14.2. The van der Waals surface area contributed by atoms with E-state index in [4.69, 9.17) is 44.0 Å². The number of thiazole rings is 1. The zero-order chi connectivity index (χ0) is 31.8. The van der Waals surface area contributed by atoms with Crippen molar-refractivity contribution in [3.63, 3.8) is 0 Å². The number of nitrogens with zero attached hydrogens (tertiary/aromatic N) is 3. The lowest BCUT2D eigenvalue weighted by atomic mass is 10.1. The molecule has 1 aliphatic rings. The molecule has 5 rings (SSSR count). The summed E-state index contributed by atoms with van der Waals surface area (Å²) in [5, 5.41) is 1.49. The highest BCUT2D eigenvalue weighted by Gasteiger charge is 2.50. The molecule has 0 unspecified atom stereocenters. The molecule has 1 aliphatic heterocycles. The third-order valence-corrected chi connectivity index (χ3v) is 14.6. The molecule has 6 nitrogen and oxygen atoms in total. The molecule has 0 bridgehead atoms. The highest BCUT2D eigenvalue weighted by atomic mass is 35.5. The van der Waals surface area contributed by atoms with E-state index in [0.29, 0.717) is 24.5 Å². The second-order valence-electron chi connectivity index (χ2n) is 11.9. The third-order valence-electron chi connectivity index (χ3n) is 7.69. The van der Waals surface area contributed by atoms with Gasteiger partial charge in [0, 0.05) is 13.1 Å². The predicted molar refractivity (Wildman–Crippen MR) is 179 cm³/mol. The van der Waals surface area contributed by atoms with E-state index in [2.05, 4.69) is 55.0 Å². The van der Waals surface area contributed by atoms with Gasteiger partial charge in [-0.3, -0.25) is 4.79 Å². The summed E-state index contributed by atoms with van der Waals surface area (Å²) in [4.78, 5) is 24.1. The van der Waals surface area contributed by atoms with Gasteiger partial charge in [-0.2, -0.15) is 0 Å². The molecule has 2 atom stereocenters. The van der Waals surface area contributed by atoms with Crippen molar-refractivity contribution < 1.29 is 18.3 Å². The van der Waals surface area contributed by atoms with Gasteiger partial charge in [0.05, 0.1) is 30.2 Å². The fourth-order valence-corrected chi connectivity index (χ4v) is 12.1. The Balaban J connectivity index is 1.69. The highest BCUT2D eigenvalue weighted by Crippen LogP contribution is 2.40. The number of halogens is 4. The summed E-state index contributed by atoms with van der Waals surface area (Å²) in [6.45, 7) is 11.3. The molecule has 1 saturated heterocycles. The number of carbonyl (C=O) groups excluding carboxylic acids is 1. The molecule has 2 aromatic carbocycles. The zero-order valence-electron chi connectivity index (χ0n) is 25.0. The van der Waals surface area contributed by atoms with Crippen LogP contribution < -0.4 is 15.3 Å². The van der Waals surface area contributed by atoms with Crippen molar-refractivity contribution in [2.45, 2.75) is 58.5 Å². The van der Waals surface area contributed by atoms with Crippen LogP contribution in [0.15, 0.2) is 60.7 Å². The highest BCUT2D eigenvalue weighted by molar-refractivity contribution is 7.18. The van der Waals surface area contributed by atoms with Crippen LogP contribution in [0.4, 0.5) is 10.1 Å². The van der Waals surface area contributed by atoms with Crippen molar-refractivity contribution >= 4 is 76.3 Å². The number of hydrogen-bond donors (Lipinski definition) is 0. The second kappa shape index (κ2) is 13.2. The van der Waals surface area contributed by atoms with E-state index in [9.17, 15) is 4.79 Å². The molecule has 3 heterocycles. The molecule has 0 spiro atoms. The Hall–Kier alpha value is -2.37. The first-order chi connectivity index (χ1) is 20.8. The smallest absolute Gasteiger partial charge is 0.261 e. The summed E-state index contributed by atoms with van der Waals surface area (Å²) in [5.74, 6) is -1.69. The van der Waals surface area contributed by atoms with E-state index in [1.165, 1.54) is 0 Å². The summed E-state index contributed by atoms with van der Waals surface area (Å²) >= 11 is 19.9. The van der Waals surface area contributed by atoms with Gasteiger partial charge in [-0.05, 0) is 29.3 Å². The van der Waals surface area contributed by atoms with Crippen LogP contribution in [0.25, 0.3) is 0 Å². The minimum absolute atomic E-state index is 0.0145. The number of carbonyl (C=O) groups is 1. The zero-order valence-corrected chi connectivity index (χ0v) is 29.1. The van der Waals surface area contributed by atoms with Gasteiger partial charge in [0.15, 0.2) is 15.4 Å². The van der Waals surface area contributed by atoms with Crippen molar-refractivity contribution in [1.82, 2.24) is 9.97 Å². The SMILES string of the molecule is C[C@@H]1CN(c2c(CO[Si](c3ccccc3)(c3ccccc3)C(C)(C)C)nc(C(=O)c3sc(Cl)nc3Cl)c(F)c2Cl)C[C@H](C)O1. The van der Waals surface area contributed by atoms with Crippen LogP contribution in [0.3, 0.4) is 0 Å². The molecule has 0 amide bonds. The Labute approximate surface area is 277 Å². The Morgan fingerprint density at radius 2 is 1.55 bits per heavy atom. The van der Waals surface area contributed by atoms with Gasteiger partial charge < -0.3 is 14.1 Å². The third kappa shape index (κ3) is 6.33. The Morgan fingerprint density at radius 1 is 1.00 bits per heavy atom. The van der Waals surface area contributed by atoms with Gasteiger partial charge in [-0.15, -0.1) is 0 Å². The Morgan fingerprint density at radius 3 is 2.02 bits per heavy atom. The number of anilines is 1. The molecule has 12 heteroatoms. The van der Waals surface area contributed by atoms with Crippen LogP contribution >= 0.6 is 46.1 Å². The molecular weight excluding hydrogens is 660 g/mol. The fraction of sp³-hybridized carbons (Fsp3) is 0.344. The summed E-state index contributed by atoms with van der Waals surface area (Å²) < 4.78 is 29.2. The normalized spacial score (nSPS) is 17.6. The Kier molecular flexibility index (Phi) is 9.87. The maximum Gasteiger partial charge on any atom is 0.261 e. The molecule has 2 aromatic heterocycles. The number of ketones is 1. The van der Waals surface area contributed by atoms with Gasteiger partial charge >= 0.3 is 0 Å². The van der Waals surface area contributed by atoms with Gasteiger partial charge in [0.1, 0.15) is 15.6 Å². The van der Waals surface area contributed by atoms with Crippen molar-refractivity contribution in [2.24, 2.45) is 0 Å². The predicted octanol–water partition coefficient (Wildman–Crippen LogP) is 7.56.